The molecule has 0 fully saturated rings. The van der Waals surface area contributed by atoms with Crippen molar-refractivity contribution in [1.82, 2.24) is 0 Å². The molecule has 0 saturated carbocycles. The molecule has 0 unspecified atom stereocenters. The molecule has 8 heteroatoms. The molecule has 0 radical (unpaired) electrons. The molecule has 0 heterocycles. The summed E-state index contributed by atoms with van der Waals surface area (Å²) >= 11 is 0. The summed E-state index contributed by atoms with van der Waals surface area (Å²) < 4.78 is 31.8. The smallest absolute Gasteiger partial charge is 0.118 e. The molecule has 0 aromatic heterocycles. The van der Waals surface area contributed by atoms with E-state index in [0.29, 0.717) is 0 Å². The highest BCUT2D eigenvalue weighted by Crippen LogP contribution is 2.36. The summed E-state index contributed by atoms with van der Waals surface area (Å²) in [6.45, 7) is 0. The number of ether oxygens (including phenoxy) is 6. The number of rotatable bonds is 12. The molecule has 0 amide bonds. The van der Waals surface area contributed by atoms with Gasteiger partial charge in [-0.2, -0.15) is 0 Å². The van der Waals surface area contributed by atoms with E-state index in [9.17, 15) is 0 Å². The van der Waals surface area contributed by atoms with Crippen molar-refractivity contribution in [2.75, 3.05) is 42.7 Å². The van der Waals surface area contributed by atoms with Gasteiger partial charge in [0.1, 0.15) is 34.5 Å². The maximum absolute atomic E-state index is 5.30. The number of hydrogen-bond acceptors (Lipinski definition) is 6. The largest absolute Gasteiger partial charge is 0.497 e. The summed E-state index contributed by atoms with van der Waals surface area (Å²) in [5.41, 5.74) is 0. The van der Waals surface area contributed by atoms with E-state index in [1.807, 2.05) is 72.8 Å². The first kappa shape index (κ1) is 36.3. The van der Waals surface area contributed by atoms with Gasteiger partial charge < -0.3 is 28.4 Å². The van der Waals surface area contributed by atoms with Crippen LogP contribution in [0.2, 0.25) is 0 Å². The second-order valence-electron chi connectivity index (χ2n) is 10.9. The van der Waals surface area contributed by atoms with E-state index < -0.39 is 15.8 Å². The summed E-state index contributed by atoms with van der Waals surface area (Å²) in [5.74, 6) is 5.18. The molecule has 0 atom stereocenters. The Morgan fingerprint density at radius 2 is 0.340 bits per heavy atom. The summed E-state index contributed by atoms with van der Waals surface area (Å²) in [6, 6.07) is 49.8. The van der Waals surface area contributed by atoms with Gasteiger partial charge in [-0.05, 0) is 120 Å². The van der Waals surface area contributed by atoms with E-state index in [1.165, 1.54) is 31.8 Å². The van der Waals surface area contributed by atoms with Crippen LogP contribution < -0.4 is 60.2 Å². The van der Waals surface area contributed by atoms with Crippen molar-refractivity contribution in [3.63, 3.8) is 0 Å². The van der Waals surface area contributed by atoms with Crippen LogP contribution in [0.4, 0.5) is 0 Å². The fraction of sp³-hybridized carbons (Fsp3) is 0.143. The van der Waals surface area contributed by atoms with Crippen molar-refractivity contribution >= 4 is 47.7 Å². The quantitative estimate of drug-likeness (QED) is 0.129. The highest BCUT2D eigenvalue weighted by molar-refractivity contribution is 7.80. The Kier molecular flexibility index (Phi) is 13.1. The predicted octanol–water partition coefficient (Wildman–Crippen LogP) is 6.94. The lowest BCUT2D eigenvalue weighted by Crippen LogP contribution is -2.20. The molecule has 6 aromatic carbocycles. The van der Waals surface area contributed by atoms with Crippen LogP contribution in [0.3, 0.4) is 0 Å². The van der Waals surface area contributed by atoms with Crippen molar-refractivity contribution in [1.29, 1.82) is 0 Å². The highest BCUT2D eigenvalue weighted by atomic mass is 31.1. The first-order chi connectivity index (χ1) is 24.5. The first-order valence-corrected chi connectivity index (χ1v) is 18.6. The molecule has 0 aliphatic heterocycles. The predicted molar refractivity (Wildman–Crippen MR) is 210 cm³/mol. The Labute approximate surface area is 298 Å². The summed E-state index contributed by atoms with van der Waals surface area (Å²) in [5, 5.41) is 7.62. The molecule has 6 aromatic rings. The van der Waals surface area contributed by atoms with Crippen LogP contribution >= 0.6 is 15.8 Å². The minimum Gasteiger partial charge on any atom is -0.497 e. The fourth-order valence-electron chi connectivity index (χ4n) is 5.28. The van der Waals surface area contributed by atoms with Gasteiger partial charge in [-0.1, -0.05) is 72.8 Å². The monoisotopic (exact) mass is 704 g/mol. The second kappa shape index (κ2) is 18.1. The van der Waals surface area contributed by atoms with Crippen LogP contribution in [-0.2, 0) is 0 Å². The zero-order valence-electron chi connectivity index (χ0n) is 29.2. The van der Waals surface area contributed by atoms with E-state index in [1.54, 1.807) is 42.7 Å². The molecular formula is C42H42O6P2. The highest BCUT2D eigenvalue weighted by Gasteiger charge is 2.18. The molecule has 50 heavy (non-hydrogen) atoms. The van der Waals surface area contributed by atoms with Crippen molar-refractivity contribution in [2.24, 2.45) is 0 Å². The summed E-state index contributed by atoms with van der Waals surface area (Å²) in [4.78, 5) is 0. The van der Waals surface area contributed by atoms with Gasteiger partial charge in [-0.25, -0.2) is 0 Å². The average molecular weight is 705 g/mol. The van der Waals surface area contributed by atoms with Gasteiger partial charge >= 0.3 is 0 Å². The van der Waals surface area contributed by atoms with Crippen molar-refractivity contribution in [2.45, 2.75) is 0 Å². The van der Waals surface area contributed by atoms with Gasteiger partial charge in [0.25, 0.3) is 0 Å². The maximum Gasteiger partial charge on any atom is 0.118 e. The first-order valence-electron chi connectivity index (χ1n) is 15.9. The summed E-state index contributed by atoms with van der Waals surface area (Å²) in [7, 11) is 8.78. The third-order valence-corrected chi connectivity index (χ3v) is 12.9. The van der Waals surface area contributed by atoms with E-state index in [4.69, 9.17) is 28.4 Å². The van der Waals surface area contributed by atoms with Crippen LogP contribution in [0.15, 0.2) is 146 Å². The molecule has 0 N–H and O–H groups in total. The zero-order chi connectivity index (χ0) is 35.3. The minimum absolute atomic E-state index is 0.665. The molecule has 0 aliphatic rings. The summed E-state index contributed by atoms with van der Waals surface area (Å²) in [6.07, 6.45) is 0. The SMILES string of the molecule is COc1ccc(P(c2ccc(OC)cc2)c2ccc(OC)cc2)cc1.COc1ccc(P(c2ccc(OC)cc2)c2ccc(OC)cc2)cc1. The lowest BCUT2D eigenvalue weighted by Gasteiger charge is -2.20. The molecule has 6 nitrogen and oxygen atoms in total. The van der Waals surface area contributed by atoms with E-state index in [2.05, 4.69) is 72.8 Å². The lowest BCUT2D eigenvalue weighted by atomic mass is 10.3. The van der Waals surface area contributed by atoms with Crippen molar-refractivity contribution in [3.8, 4) is 34.5 Å². The Balaban J connectivity index is 0.000000194. The molecule has 0 aliphatic carbocycles. The maximum atomic E-state index is 5.30. The van der Waals surface area contributed by atoms with Crippen LogP contribution in [0.25, 0.3) is 0 Å². The molecule has 0 saturated heterocycles. The van der Waals surface area contributed by atoms with Crippen molar-refractivity contribution < 1.29 is 28.4 Å². The third-order valence-electron chi connectivity index (χ3n) is 7.98. The average Bonchev–Trinajstić information content (AvgIpc) is 3.20. The van der Waals surface area contributed by atoms with Crippen LogP contribution in [0.1, 0.15) is 0 Å². The van der Waals surface area contributed by atoms with E-state index >= 15 is 0 Å². The topological polar surface area (TPSA) is 55.4 Å². The lowest BCUT2D eigenvalue weighted by molar-refractivity contribution is 0.415. The Hall–Kier alpha value is -5.02. The zero-order valence-corrected chi connectivity index (χ0v) is 31.0. The van der Waals surface area contributed by atoms with Crippen LogP contribution in [0, 0.1) is 0 Å². The second-order valence-corrected chi connectivity index (χ2v) is 15.3. The molecule has 0 bridgehead atoms. The Morgan fingerprint density at radius 3 is 0.440 bits per heavy atom. The molecule has 256 valence electrons. The normalized spacial score (nSPS) is 10.6. The fourth-order valence-corrected chi connectivity index (χ4v) is 9.75. The molecule has 0 spiro atoms. The minimum atomic E-state index is -0.665. The van der Waals surface area contributed by atoms with Crippen LogP contribution in [-0.4, -0.2) is 42.7 Å². The Bertz CT molecular complexity index is 1510. The van der Waals surface area contributed by atoms with Gasteiger partial charge in [-0.3, -0.25) is 0 Å². The Morgan fingerprint density at radius 1 is 0.220 bits per heavy atom. The van der Waals surface area contributed by atoms with Gasteiger partial charge in [0.15, 0.2) is 0 Å². The van der Waals surface area contributed by atoms with E-state index in [0.717, 1.165) is 34.5 Å². The van der Waals surface area contributed by atoms with Crippen LogP contribution in [0.5, 0.6) is 34.5 Å². The van der Waals surface area contributed by atoms with E-state index in [-0.39, 0.29) is 0 Å². The molecule has 6 rings (SSSR count). The van der Waals surface area contributed by atoms with Gasteiger partial charge in [0, 0.05) is 0 Å². The number of methoxy groups -OCH3 is 6. The standard InChI is InChI=1S/2C21H21O3P/c2*1-22-16-4-10-19(11-5-16)25(20-12-6-17(23-2)7-13-20)21-14-8-18(24-3)9-15-21/h2*4-15H,1-3H3. The van der Waals surface area contributed by atoms with Gasteiger partial charge in [0.2, 0.25) is 0 Å². The van der Waals surface area contributed by atoms with Gasteiger partial charge in [0.05, 0.1) is 42.7 Å². The number of benzene rings is 6. The molecular weight excluding hydrogens is 662 g/mol. The van der Waals surface area contributed by atoms with Gasteiger partial charge in [-0.15, -0.1) is 0 Å². The van der Waals surface area contributed by atoms with Crippen molar-refractivity contribution in [3.05, 3.63) is 146 Å². The number of hydrogen-bond donors (Lipinski definition) is 0. The third kappa shape index (κ3) is 9.15.